The van der Waals surface area contributed by atoms with E-state index in [-0.39, 0.29) is 5.56 Å². The zero-order valence-corrected chi connectivity index (χ0v) is 9.94. The van der Waals surface area contributed by atoms with Gasteiger partial charge in [-0.25, -0.2) is 4.79 Å². The summed E-state index contributed by atoms with van der Waals surface area (Å²) in [6.07, 6.45) is 2.80. The van der Waals surface area contributed by atoms with E-state index in [1.54, 1.807) is 12.1 Å². The van der Waals surface area contributed by atoms with E-state index in [0.29, 0.717) is 8.95 Å². The first-order valence-corrected chi connectivity index (χ1v) is 5.30. The molecule has 0 aliphatic heterocycles. The zero-order valence-electron chi connectivity index (χ0n) is 6.77. The molecule has 1 radical (unpaired) electrons. The van der Waals surface area contributed by atoms with Crippen LogP contribution in [-0.4, -0.2) is 16.1 Å². The number of aromatic amines is 1. The lowest BCUT2D eigenvalue weighted by Gasteiger charge is -2.03. The molecule has 1 aromatic heterocycles. The first-order valence-electron chi connectivity index (χ1n) is 3.71. The van der Waals surface area contributed by atoms with E-state index < -0.39 is 5.97 Å². The third kappa shape index (κ3) is 1.36. The van der Waals surface area contributed by atoms with Crippen molar-refractivity contribution in [2.75, 3.05) is 0 Å². The van der Waals surface area contributed by atoms with E-state index in [1.165, 1.54) is 0 Å². The van der Waals surface area contributed by atoms with E-state index in [4.69, 9.17) is 5.11 Å². The van der Waals surface area contributed by atoms with Gasteiger partial charge < -0.3 is 10.1 Å². The lowest BCUT2D eigenvalue weighted by Crippen LogP contribution is -1.99. The fourth-order valence-corrected chi connectivity index (χ4v) is 2.83. The average Bonchev–Trinajstić information content (AvgIpc) is 2.50. The summed E-state index contributed by atoms with van der Waals surface area (Å²) in [6.45, 7) is 0. The molecule has 2 rings (SSSR count). The van der Waals surface area contributed by atoms with Crippen LogP contribution in [0.3, 0.4) is 0 Å². The van der Waals surface area contributed by atoms with Gasteiger partial charge in [-0.1, -0.05) is 0 Å². The predicted octanol–water partition coefficient (Wildman–Crippen LogP) is 3.19. The Balaban J connectivity index is 2.89. The number of aromatic nitrogens is 1. The highest BCUT2D eigenvalue weighted by atomic mass is 79.9. The highest BCUT2D eigenvalue weighted by Gasteiger charge is 2.16. The Hall–Kier alpha value is -0.810. The van der Waals surface area contributed by atoms with Crippen molar-refractivity contribution < 1.29 is 9.90 Å². The molecule has 0 atom stereocenters. The van der Waals surface area contributed by atoms with Crippen LogP contribution in [0.5, 0.6) is 0 Å². The lowest BCUT2D eigenvalue weighted by molar-refractivity contribution is 0.0695. The molecule has 1 heterocycles. The van der Waals surface area contributed by atoms with Gasteiger partial charge in [0.2, 0.25) is 0 Å². The highest BCUT2D eigenvalue weighted by molar-refractivity contribution is 9.11. The second-order valence-corrected chi connectivity index (χ2v) is 4.37. The smallest absolute Gasteiger partial charge is 0.338 e. The van der Waals surface area contributed by atoms with Gasteiger partial charge in [0.1, 0.15) is 0 Å². The van der Waals surface area contributed by atoms with E-state index >= 15 is 0 Å². The summed E-state index contributed by atoms with van der Waals surface area (Å²) in [7, 11) is 0. The predicted molar refractivity (Wildman–Crippen MR) is 59.5 cm³/mol. The van der Waals surface area contributed by atoms with E-state index in [1.807, 2.05) is 0 Å². The van der Waals surface area contributed by atoms with Crippen LogP contribution in [0.25, 0.3) is 10.9 Å². The molecular formula is C9H4Br2NO2. The molecule has 1 aromatic carbocycles. The summed E-state index contributed by atoms with van der Waals surface area (Å²) < 4.78 is 1.10. The molecule has 0 saturated carbocycles. The monoisotopic (exact) mass is 316 g/mol. The molecule has 0 spiro atoms. The summed E-state index contributed by atoms with van der Waals surface area (Å²) >= 11 is 6.47. The number of aromatic carboxylic acids is 1. The number of fused-ring (bicyclic) bond motifs is 1. The molecule has 2 aromatic rings. The summed E-state index contributed by atoms with van der Waals surface area (Å²) in [6, 6.07) is 3.43. The molecule has 14 heavy (non-hydrogen) atoms. The number of carbonyl (C=O) groups is 1. The van der Waals surface area contributed by atoms with Crippen molar-refractivity contribution >= 4 is 48.7 Å². The Kier molecular flexibility index (Phi) is 2.36. The van der Waals surface area contributed by atoms with Crippen molar-refractivity contribution in [1.29, 1.82) is 0 Å². The third-order valence-corrected chi connectivity index (χ3v) is 3.34. The number of carboxylic acids is 1. The van der Waals surface area contributed by atoms with Gasteiger partial charge in [-0.3, -0.25) is 0 Å². The van der Waals surface area contributed by atoms with Gasteiger partial charge in [-0.15, -0.1) is 0 Å². The maximum atomic E-state index is 10.9. The molecule has 0 aliphatic rings. The van der Waals surface area contributed by atoms with Gasteiger partial charge >= 0.3 is 5.97 Å². The van der Waals surface area contributed by atoms with Gasteiger partial charge in [0, 0.05) is 19.8 Å². The van der Waals surface area contributed by atoms with Gasteiger partial charge in [-0.2, -0.15) is 0 Å². The Morgan fingerprint density at radius 3 is 2.86 bits per heavy atom. The minimum Gasteiger partial charge on any atom is -0.478 e. The maximum absolute atomic E-state index is 10.9. The minimum absolute atomic E-state index is 0.227. The van der Waals surface area contributed by atoms with Crippen LogP contribution >= 0.6 is 31.9 Å². The Morgan fingerprint density at radius 2 is 2.21 bits per heavy atom. The molecule has 0 fully saturated rings. The number of rotatable bonds is 1. The van der Waals surface area contributed by atoms with Crippen LogP contribution in [0.2, 0.25) is 0 Å². The summed E-state index contributed by atoms with van der Waals surface area (Å²) in [5, 5.41) is 9.77. The summed E-state index contributed by atoms with van der Waals surface area (Å²) in [5.74, 6) is -0.966. The number of carboxylic acid groups (broad SMARTS) is 1. The largest absolute Gasteiger partial charge is 0.478 e. The normalized spacial score (nSPS) is 10.7. The molecule has 0 aliphatic carbocycles. The first-order chi connectivity index (χ1) is 6.61. The van der Waals surface area contributed by atoms with Crippen LogP contribution in [0.15, 0.2) is 21.1 Å². The molecule has 0 saturated heterocycles. The fourth-order valence-electron chi connectivity index (χ4n) is 1.26. The number of nitrogens with one attached hydrogen (secondary N) is 1. The number of H-pyrrole nitrogens is 1. The van der Waals surface area contributed by atoms with Crippen molar-refractivity contribution in [3.63, 3.8) is 0 Å². The minimum atomic E-state index is -0.966. The van der Waals surface area contributed by atoms with Crippen LogP contribution < -0.4 is 0 Å². The average molecular weight is 318 g/mol. The van der Waals surface area contributed by atoms with Crippen LogP contribution in [0.4, 0.5) is 0 Å². The molecule has 3 nitrogen and oxygen atoms in total. The topological polar surface area (TPSA) is 53.1 Å². The molecular weight excluding hydrogens is 314 g/mol. The maximum Gasteiger partial charge on any atom is 0.338 e. The summed E-state index contributed by atoms with van der Waals surface area (Å²) in [4.78, 5) is 13.8. The molecule has 5 heteroatoms. The highest BCUT2D eigenvalue weighted by Crippen LogP contribution is 2.32. The van der Waals surface area contributed by atoms with Gasteiger partial charge in [0.25, 0.3) is 0 Å². The number of benzene rings is 1. The van der Waals surface area contributed by atoms with Crippen molar-refractivity contribution in [3.8, 4) is 0 Å². The number of hydrogen-bond acceptors (Lipinski definition) is 1. The van der Waals surface area contributed by atoms with E-state index in [9.17, 15) is 4.79 Å². The van der Waals surface area contributed by atoms with Crippen LogP contribution in [0, 0.1) is 6.20 Å². The van der Waals surface area contributed by atoms with Crippen molar-refractivity contribution in [1.82, 2.24) is 4.98 Å². The van der Waals surface area contributed by atoms with Gasteiger partial charge in [-0.05, 0) is 44.0 Å². The summed E-state index contributed by atoms with van der Waals surface area (Å²) in [5.41, 5.74) is 1.07. The van der Waals surface area contributed by atoms with E-state index in [2.05, 4.69) is 43.0 Å². The van der Waals surface area contributed by atoms with Crippen molar-refractivity contribution in [2.24, 2.45) is 0 Å². The second-order valence-electron chi connectivity index (χ2n) is 2.73. The van der Waals surface area contributed by atoms with Crippen LogP contribution in [-0.2, 0) is 0 Å². The van der Waals surface area contributed by atoms with Crippen LogP contribution in [0.1, 0.15) is 10.4 Å². The molecule has 71 valence electrons. The molecule has 0 bridgehead atoms. The quantitative estimate of drug-likeness (QED) is 0.848. The zero-order chi connectivity index (χ0) is 10.3. The molecule has 0 amide bonds. The first kappa shape index (κ1) is 9.73. The van der Waals surface area contributed by atoms with Gasteiger partial charge in [0.05, 0.1) is 11.8 Å². The van der Waals surface area contributed by atoms with E-state index in [0.717, 1.165) is 10.9 Å². The third-order valence-electron chi connectivity index (χ3n) is 1.89. The Labute approximate surface area is 96.4 Å². The van der Waals surface area contributed by atoms with Crippen molar-refractivity contribution in [2.45, 2.75) is 0 Å². The van der Waals surface area contributed by atoms with Gasteiger partial charge in [0.15, 0.2) is 0 Å². The lowest BCUT2D eigenvalue weighted by atomic mass is 10.1. The Bertz CT molecular complexity index is 519. The number of hydrogen-bond donors (Lipinski definition) is 2. The number of halogens is 2. The van der Waals surface area contributed by atoms with Crippen molar-refractivity contribution in [3.05, 3.63) is 32.8 Å². The Morgan fingerprint density at radius 1 is 1.50 bits per heavy atom. The standard InChI is InChI=1S/C9H4Br2NO2/c10-5-3-6-4(1-2-12-6)8(11)7(5)9(13)14/h1,3,12H,(H,13,14). The molecule has 0 unspecified atom stereocenters. The SMILES string of the molecule is O=C(O)c1c(Br)cc2[nH][c]cc2c1Br. The molecule has 2 N–H and O–H groups in total. The fraction of sp³-hybridized carbons (Fsp3) is 0. The second kappa shape index (κ2) is 3.40.